The van der Waals surface area contributed by atoms with Crippen LogP contribution in [-0.2, 0) is 28.7 Å². The summed E-state index contributed by atoms with van der Waals surface area (Å²) in [4.78, 5) is 32.5. The second-order valence-electron chi connectivity index (χ2n) is 7.94. The Kier molecular flexibility index (Phi) is 23.2. The van der Waals surface area contributed by atoms with E-state index in [1.54, 1.807) is 14.2 Å². The molecule has 10 heteroatoms. The predicted octanol–water partition coefficient (Wildman–Crippen LogP) is 3.92. The smallest absolute Gasteiger partial charge is 0.373 e. The van der Waals surface area contributed by atoms with Gasteiger partial charge in [-0.1, -0.05) is 52.0 Å². The number of ether oxygens (including phenoxy) is 4. The SMILES string of the molecule is CC[C@H](O)CO.CC[C@H]1COC(c2ccc(OC)cc2)O1.COc1ccc(C(C)C)cc1.O=C=O.O=C=O. The van der Waals surface area contributed by atoms with Gasteiger partial charge in [0, 0.05) is 5.56 Å². The number of methoxy groups -OCH3 is 2. The van der Waals surface area contributed by atoms with Gasteiger partial charge < -0.3 is 29.2 Å². The van der Waals surface area contributed by atoms with E-state index in [0.29, 0.717) is 18.9 Å². The number of rotatable bonds is 7. The predicted molar refractivity (Wildman–Crippen MR) is 137 cm³/mol. The van der Waals surface area contributed by atoms with Gasteiger partial charge in [-0.2, -0.15) is 19.2 Å². The summed E-state index contributed by atoms with van der Waals surface area (Å²) in [6, 6.07) is 16.0. The first kappa shape index (κ1) is 36.8. The molecule has 38 heavy (non-hydrogen) atoms. The Hall–Kier alpha value is -3.36. The fraction of sp³-hybridized carbons (Fsp3) is 0.500. The Morgan fingerprint density at radius 1 is 0.895 bits per heavy atom. The molecule has 1 aliphatic heterocycles. The van der Waals surface area contributed by atoms with Gasteiger partial charge in [-0.3, -0.25) is 0 Å². The minimum absolute atomic E-state index is 0.115. The topological polar surface area (TPSA) is 146 Å². The molecule has 2 N–H and O–H groups in total. The molecule has 0 radical (unpaired) electrons. The first-order valence-corrected chi connectivity index (χ1v) is 12.0. The molecule has 2 aromatic carbocycles. The van der Waals surface area contributed by atoms with Crippen LogP contribution in [0.1, 0.15) is 63.9 Å². The van der Waals surface area contributed by atoms with Crippen LogP contribution in [0.5, 0.6) is 11.5 Å². The first-order valence-electron chi connectivity index (χ1n) is 12.0. The minimum atomic E-state index is -0.509. The Morgan fingerprint density at radius 3 is 1.63 bits per heavy atom. The molecule has 0 saturated carbocycles. The minimum Gasteiger partial charge on any atom is -0.497 e. The highest BCUT2D eigenvalue weighted by atomic mass is 16.7. The van der Waals surface area contributed by atoms with Gasteiger partial charge in [0.1, 0.15) is 11.5 Å². The molecule has 1 unspecified atom stereocenters. The summed E-state index contributed by atoms with van der Waals surface area (Å²) in [5, 5.41) is 16.5. The molecule has 1 aliphatic rings. The molecule has 212 valence electrons. The van der Waals surface area contributed by atoms with Crippen molar-refractivity contribution in [2.45, 2.75) is 65.0 Å². The maximum absolute atomic E-state index is 8.42. The fourth-order valence-electron chi connectivity index (χ4n) is 2.72. The van der Waals surface area contributed by atoms with Crippen molar-refractivity contribution in [3.05, 3.63) is 59.7 Å². The third kappa shape index (κ3) is 17.2. The van der Waals surface area contributed by atoms with E-state index in [0.717, 1.165) is 23.5 Å². The van der Waals surface area contributed by atoms with Crippen molar-refractivity contribution < 1.29 is 48.3 Å². The summed E-state index contributed by atoms with van der Waals surface area (Å²) in [7, 11) is 3.34. The van der Waals surface area contributed by atoms with Crippen LogP contribution < -0.4 is 9.47 Å². The van der Waals surface area contributed by atoms with Crippen LogP contribution in [0.25, 0.3) is 0 Å². The molecule has 1 saturated heterocycles. The van der Waals surface area contributed by atoms with Gasteiger partial charge in [-0.25, -0.2) is 0 Å². The maximum atomic E-state index is 8.42. The molecule has 3 atom stereocenters. The average molecular weight is 537 g/mol. The lowest BCUT2D eigenvalue weighted by Crippen LogP contribution is -2.08. The highest BCUT2D eigenvalue weighted by Crippen LogP contribution is 2.29. The Morgan fingerprint density at radius 2 is 1.34 bits per heavy atom. The highest BCUT2D eigenvalue weighted by Gasteiger charge is 2.25. The van der Waals surface area contributed by atoms with Crippen molar-refractivity contribution in [1.29, 1.82) is 0 Å². The van der Waals surface area contributed by atoms with E-state index in [9.17, 15) is 0 Å². The summed E-state index contributed by atoms with van der Waals surface area (Å²) in [5.41, 5.74) is 2.40. The third-order valence-electron chi connectivity index (χ3n) is 5.06. The summed E-state index contributed by atoms with van der Waals surface area (Å²) in [5.74, 6) is 2.37. The fourth-order valence-corrected chi connectivity index (χ4v) is 2.72. The van der Waals surface area contributed by atoms with E-state index < -0.39 is 6.10 Å². The second-order valence-corrected chi connectivity index (χ2v) is 7.94. The van der Waals surface area contributed by atoms with Gasteiger partial charge >= 0.3 is 12.3 Å². The van der Waals surface area contributed by atoms with Crippen molar-refractivity contribution in [2.75, 3.05) is 27.4 Å². The molecular formula is C28H40O10. The molecule has 2 aromatic rings. The molecule has 0 aliphatic carbocycles. The lowest BCUT2D eigenvalue weighted by molar-refractivity contribution is -0.193. The largest absolute Gasteiger partial charge is 0.497 e. The van der Waals surface area contributed by atoms with Gasteiger partial charge in [-0.15, -0.1) is 0 Å². The monoisotopic (exact) mass is 536 g/mol. The van der Waals surface area contributed by atoms with Gasteiger partial charge in [0.05, 0.1) is 39.6 Å². The summed E-state index contributed by atoms with van der Waals surface area (Å²) >= 11 is 0. The average Bonchev–Trinajstić information content (AvgIpc) is 3.44. The number of hydrogen-bond acceptors (Lipinski definition) is 10. The van der Waals surface area contributed by atoms with Crippen molar-refractivity contribution in [1.82, 2.24) is 0 Å². The van der Waals surface area contributed by atoms with Crippen molar-refractivity contribution in [3.8, 4) is 11.5 Å². The van der Waals surface area contributed by atoms with Crippen LogP contribution >= 0.6 is 0 Å². The molecule has 0 aromatic heterocycles. The quantitative estimate of drug-likeness (QED) is 0.534. The molecule has 0 spiro atoms. The normalized spacial score (nSPS) is 15.7. The van der Waals surface area contributed by atoms with E-state index in [4.69, 9.17) is 48.3 Å². The Bertz CT molecular complexity index is 869. The van der Waals surface area contributed by atoms with Crippen molar-refractivity contribution in [2.24, 2.45) is 0 Å². The zero-order chi connectivity index (χ0) is 29.3. The van der Waals surface area contributed by atoms with Gasteiger partial charge in [-0.05, 0) is 48.6 Å². The number of aliphatic hydroxyl groups is 2. The second kappa shape index (κ2) is 24.0. The molecule has 1 heterocycles. The van der Waals surface area contributed by atoms with E-state index >= 15 is 0 Å². The number of aliphatic hydroxyl groups excluding tert-OH is 2. The van der Waals surface area contributed by atoms with E-state index in [1.807, 2.05) is 43.3 Å². The summed E-state index contributed by atoms with van der Waals surface area (Å²) < 4.78 is 21.4. The van der Waals surface area contributed by atoms with Crippen LogP contribution in [-0.4, -0.2) is 62.2 Å². The molecule has 3 rings (SSSR count). The van der Waals surface area contributed by atoms with Crippen LogP contribution in [0.3, 0.4) is 0 Å². The Labute approximate surface area is 224 Å². The van der Waals surface area contributed by atoms with E-state index in [1.165, 1.54) is 5.56 Å². The lowest BCUT2D eigenvalue weighted by atomic mass is 10.0. The third-order valence-corrected chi connectivity index (χ3v) is 5.06. The molecular weight excluding hydrogens is 496 g/mol. The van der Waals surface area contributed by atoms with Gasteiger partial charge in [0.15, 0.2) is 6.29 Å². The van der Waals surface area contributed by atoms with Crippen LogP contribution in [0, 0.1) is 0 Å². The van der Waals surface area contributed by atoms with E-state index in [-0.39, 0.29) is 31.3 Å². The number of benzene rings is 2. The molecule has 10 nitrogen and oxygen atoms in total. The first-order chi connectivity index (χ1) is 18.2. The van der Waals surface area contributed by atoms with Crippen LogP contribution in [0.15, 0.2) is 48.5 Å². The maximum Gasteiger partial charge on any atom is 0.373 e. The van der Waals surface area contributed by atoms with Gasteiger partial charge in [0.2, 0.25) is 0 Å². The standard InChI is InChI=1S/C12H16O3.C10H14O.C4H10O2.2CO2/c1-3-10-8-14-12(15-10)9-4-6-11(13-2)7-5-9;1-8(2)9-4-6-10(11-3)7-5-9;1-2-4(6)3-5;2*2-1-3/h4-7,10,12H,3,8H2,1-2H3;4-8H,1-3H3;4-6H,2-3H2,1H3;;/t10-,12?;;4-;;/m0.0../s1. The van der Waals surface area contributed by atoms with E-state index in [2.05, 4.69) is 32.9 Å². The number of hydrogen-bond donors (Lipinski definition) is 2. The zero-order valence-electron chi connectivity index (χ0n) is 22.9. The van der Waals surface area contributed by atoms with Crippen molar-refractivity contribution >= 4 is 12.3 Å². The molecule has 0 bridgehead atoms. The van der Waals surface area contributed by atoms with Crippen molar-refractivity contribution in [3.63, 3.8) is 0 Å². The van der Waals surface area contributed by atoms with Gasteiger partial charge in [0.25, 0.3) is 0 Å². The lowest BCUT2D eigenvalue weighted by Gasteiger charge is -2.11. The molecule has 0 amide bonds. The summed E-state index contributed by atoms with van der Waals surface area (Å²) in [6.45, 7) is 8.86. The summed E-state index contributed by atoms with van der Waals surface area (Å²) in [6.07, 6.45) is 1.64. The van der Waals surface area contributed by atoms with Crippen LogP contribution in [0.2, 0.25) is 0 Å². The Balaban J connectivity index is 0. The van der Waals surface area contributed by atoms with Crippen LogP contribution in [0.4, 0.5) is 0 Å². The molecule has 1 fully saturated rings. The zero-order valence-corrected chi connectivity index (χ0v) is 22.9. The number of carbonyl (C=O) groups excluding carboxylic acids is 4. The highest BCUT2D eigenvalue weighted by molar-refractivity contribution is 5.29.